The largest absolute Gasteiger partial charge is 0.358 e. The second-order valence-corrected chi connectivity index (χ2v) is 33.5. The summed E-state index contributed by atoms with van der Waals surface area (Å²) in [5.41, 5.74) is 0.312. The van der Waals surface area contributed by atoms with Crippen LogP contribution in [0.5, 0.6) is 0 Å². The molecular formula is C67H94N12O14S4. The van der Waals surface area contributed by atoms with Crippen molar-refractivity contribution >= 4 is 69.5 Å². The third-order valence-electron chi connectivity index (χ3n) is 19.0. The number of benzene rings is 4. The summed E-state index contributed by atoms with van der Waals surface area (Å²) in [6.07, 6.45) is 10.9. The van der Waals surface area contributed by atoms with Crippen molar-refractivity contribution in [2.75, 3.05) is 105 Å². The lowest BCUT2D eigenvalue weighted by molar-refractivity contribution is -0.121. The van der Waals surface area contributed by atoms with Gasteiger partial charge in [-0.15, -0.1) is 0 Å². The minimum atomic E-state index is -3.98. The molecule has 0 aliphatic carbocycles. The third kappa shape index (κ3) is 16.9. The molecule has 9 aliphatic rings. The molecule has 0 radical (unpaired) electrons. The summed E-state index contributed by atoms with van der Waals surface area (Å²) in [6, 6.07) is 26.9. The molecule has 8 saturated heterocycles. The van der Waals surface area contributed by atoms with Crippen LogP contribution in [0.25, 0.3) is 0 Å². The summed E-state index contributed by atoms with van der Waals surface area (Å²) < 4.78 is 119. The van der Waals surface area contributed by atoms with Crippen LogP contribution in [-0.2, 0) is 65.5 Å². The first-order valence-corrected chi connectivity index (χ1v) is 38.9. The number of hydrogen-bond acceptors (Lipinski definition) is 21. The number of sulfonamides is 3. The maximum Gasteiger partial charge on any atom is 0.245 e. The molecule has 530 valence electrons. The normalized spacial score (nSPS) is 23.1. The van der Waals surface area contributed by atoms with Crippen molar-refractivity contribution in [3.05, 3.63) is 132 Å². The minimum absolute atomic E-state index is 0. The zero-order chi connectivity index (χ0) is 68.7. The van der Waals surface area contributed by atoms with Gasteiger partial charge in [0.15, 0.2) is 21.4 Å². The molecule has 30 heteroatoms. The summed E-state index contributed by atoms with van der Waals surface area (Å²) >= 11 is 0. The maximum atomic E-state index is 13.7. The summed E-state index contributed by atoms with van der Waals surface area (Å²) in [4.78, 5) is 56.7. The van der Waals surface area contributed by atoms with Gasteiger partial charge in [0.2, 0.25) is 41.9 Å². The molecule has 9 heterocycles. The zero-order valence-electron chi connectivity index (χ0n) is 55.1. The molecule has 4 spiro atoms. The van der Waals surface area contributed by atoms with Crippen molar-refractivity contribution in [1.29, 1.82) is 0 Å². The Labute approximate surface area is 571 Å². The molecule has 26 nitrogen and oxygen atoms in total. The number of likely N-dealkylation sites (N-methyl/N-ethyl adjacent to an activating group) is 1. The van der Waals surface area contributed by atoms with Gasteiger partial charge in [-0.2, -0.15) is 12.9 Å². The van der Waals surface area contributed by atoms with Crippen molar-refractivity contribution in [3.8, 4) is 0 Å². The van der Waals surface area contributed by atoms with E-state index in [4.69, 9.17) is 9.47 Å². The lowest BCUT2D eigenvalue weighted by Crippen LogP contribution is -2.60. The van der Waals surface area contributed by atoms with Crippen molar-refractivity contribution in [2.45, 2.75) is 147 Å². The molecule has 8 fully saturated rings. The Balaban J connectivity index is 0.000000153. The van der Waals surface area contributed by atoms with Crippen LogP contribution in [0.2, 0.25) is 0 Å². The predicted molar refractivity (Wildman–Crippen MR) is 367 cm³/mol. The standard InChI is InChI=1S/C20H24N4O4S.C18H27N3O4S.C14H19N3O.C14H20N2O5S2.CH4/c1-14(25)15-4-6-17(7-5-15)29(27,28)24-18(13-16-3-2-10-22-16)19(26)23-20(24)8-11-21-12-9-20;1-14(22)15-4-6-17(7-5-15)26(23,24)21-13-16(12-20(2)3)25-18(21)8-10-19-11-9-18;18-13-11-17(10-12-4-2-1-3-5-12)14(16-13)6-8-15-9-7-14;1-22(17,18)12-2-4-13(5-3-12)23(19,20)16-10-11-21-14(16)6-8-15-9-7-14;/h3-7,10,18,21H,2,8-9,11-13H2,1H3,(H,23,26);4-7,16,19H,8-13H2,1-3H3;1-5,15H,6-11H2,(H,16,18);2-5,15H,6-11H2,1H3;1H4. The molecule has 2 unspecified atom stereocenters. The van der Waals surface area contributed by atoms with E-state index >= 15 is 0 Å². The summed E-state index contributed by atoms with van der Waals surface area (Å²) in [6.45, 7) is 12.0. The van der Waals surface area contributed by atoms with Gasteiger partial charge in [-0.3, -0.25) is 29.1 Å². The molecule has 6 N–H and O–H groups in total. The topological polar surface area (TPSA) is 324 Å². The number of hydrogen-bond donors (Lipinski definition) is 6. The fourth-order valence-electron chi connectivity index (χ4n) is 14.1. The first-order valence-electron chi connectivity index (χ1n) is 32.7. The minimum Gasteiger partial charge on any atom is -0.358 e. The van der Waals surface area contributed by atoms with Crippen molar-refractivity contribution in [3.63, 3.8) is 0 Å². The van der Waals surface area contributed by atoms with Gasteiger partial charge in [-0.1, -0.05) is 68.1 Å². The summed E-state index contributed by atoms with van der Waals surface area (Å²) in [5, 5.41) is 19.2. The number of nitrogens with one attached hydrogen (secondary N) is 6. The van der Waals surface area contributed by atoms with Crippen LogP contribution in [0, 0.1) is 0 Å². The van der Waals surface area contributed by atoms with Gasteiger partial charge in [-0.05, 0) is 160 Å². The molecule has 0 aromatic heterocycles. The number of rotatable bonds is 15. The number of ether oxygens (including phenoxy) is 2. The van der Waals surface area contributed by atoms with Crippen LogP contribution in [0.1, 0.15) is 112 Å². The number of nitrogens with zero attached hydrogens (tertiary/aromatic N) is 6. The number of aliphatic imine (C=N–C) groups is 1. The van der Waals surface area contributed by atoms with E-state index in [9.17, 15) is 52.8 Å². The van der Waals surface area contributed by atoms with E-state index in [1.54, 1.807) is 18.3 Å². The smallest absolute Gasteiger partial charge is 0.245 e. The fourth-order valence-corrected chi connectivity index (χ4v) is 20.1. The lowest BCUT2D eigenvalue weighted by Gasteiger charge is -2.41. The Morgan fingerprint density at radius 2 is 1.07 bits per heavy atom. The van der Waals surface area contributed by atoms with E-state index in [1.165, 1.54) is 93.0 Å². The van der Waals surface area contributed by atoms with Crippen molar-refractivity contribution in [1.82, 2.24) is 54.6 Å². The van der Waals surface area contributed by atoms with Gasteiger partial charge in [0, 0.05) is 94.0 Å². The number of sulfone groups is 1. The van der Waals surface area contributed by atoms with Gasteiger partial charge in [0.1, 0.15) is 23.2 Å². The summed E-state index contributed by atoms with van der Waals surface area (Å²) in [5.74, 6) is -0.350. The highest BCUT2D eigenvalue weighted by Gasteiger charge is 2.58. The fraction of sp³-hybridized carbons (Fsp3) is 0.537. The average molecular weight is 1420 g/mol. The lowest BCUT2D eigenvalue weighted by atomic mass is 9.97. The molecule has 4 aromatic rings. The van der Waals surface area contributed by atoms with E-state index in [1.807, 2.05) is 31.1 Å². The molecule has 13 rings (SSSR count). The maximum absolute atomic E-state index is 13.7. The summed E-state index contributed by atoms with van der Waals surface area (Å²) in [7, 11) is -10.9. The number of carbonyl (C=O) groups is 4. The predicted octanol–water partition coefficient (Wildman–Crippen LogP) is 3.65. The molecule has 4 aromatic carbocycles. The number of Topliss-reactive ketones (excluding diaryl/α,β-unsaturated/α-hetero) is 2. The van der Waals surface area contributed by atoms with Gasteiger partial charge < -0.3 is 46.3 Å². The molecule has 2 amide bonds. The first-order chi connectivity index (χ1) is 45.6. The van der Waals surface area contributed by atoms with Crippen molar-refractivity contribution < 1.29 is 62.3 Å². The first kappa shape index (κ1) is 75.1. The van der Waals surface area contributed by atoms with Crippen LogP contribution < -0.4 is 31.9 Å². The number of allylic oxidation sites excluding steroid dienone is 1. The Hall–Kier alpha value is -6.07. The SMILES string of the molecule is C.CC(=O)c1ccc(S(=O)(=O)N2C(CC3=CCC=N3)C(=O)NC23CCNCC3)cc1.CC(=O)c1ccc(S(=O)(=O)N2CC(CN(C)C)OC23CCNCC3)cc1.CS(=O)(=O)c1ccc(S(=O)(=O)N2CCOC23CCNCC3)cc1.O=C1CN(Cc2ccccc2)C2(CCNCC2)N1. The van der Waals surface area contributed by atoms with Crippen LogP contribution in [0.4, 0.5) is 0 Å². The second-order valence-electron chi connectivity index (χ2n) is 26.0. The van der Waals surface area contributed by atoms with Crippen molar-refractivity contribution in [2.24, 2.45) is 4.99 Å². The Morgan fingerprint density at radius 3 is 1.57 bits per heavy atom. The van der Waals surface area contributed by atoms with Crippen LogP contribution in [-0.4, -0.2) is 226 Å². The van der Waals surface area contributed by atoms with Crippen LogP contribution >= 0.6 is 0 Å². The second kappa shape index (κ2) is 31.2. The number of amides is 2. The third-order valence-corrected chi connectivity index (χ3v) is 26.1. The molecule has 0 saturated carbocycles. The Bertz CT molecular complexity index is 3970. The number of ketones is 2. The van der Waals surface area contributed by atoms with Crippen LogP contribution in [0.15, 0.2) is 139 Å². The highest BCUT2D eigenvalue weighted by atomic mass is 32.2. The van der Waals surface area contributed by atoms with E-state index in [-0.39, 0.29) is 68.6 Å². The van der Waals surface area contributed by atoms with Gasteiger partial charge in [0.05, 0.1) is 44.5 Å². The highest BCUT2D eigenvalue weighted by Crippen LogP contribution is 2.42. The van der Waals surface area contributed by atoms with E-state index in [0.717, 1.165) is 57.5 Å². The van der Waals surface area contributed by atoms with Gasteiger partial charge >= 0.3 is 0 Å². The highest BCUT2D eigenvalue weighted by molar-refractivity contribution is 7.91. The number of piperidine rings is 4. The molecular weight excluding hydrogens is 1330 g/mol. The molecule has 2 atom stereocenters. The van der Waals surface area contributed by atoms with Crippen LogP contribution in [0.3, 0.4) is 0 Å². The Morgan fingerprint density at radius 1 is 0.598 bits per heavy atom. The Kier molecular flexibility index (Phi) is 24.2. The average Bonchev–Trinajstić information content (AvgIpc) is 1.61. The molecule has 97 heavy (non-hydrogen) atoms. The quantitative estimate of drug-likeness (QED) is 0.0925. The number of carbonyl (C=O) groups excluding carboxylic acids is 4. The van der Waals surface area contributed by atoms with E-state index < -0.39 is 63.1 Å². The van der Waals surface area contributed by atoms with E-state index in [2.05, 4.69) is 66.1 Å². The van der Waals surface area contributed by atoms with Gasteiger partial charge in [-0.25, -0.2) is 33.7 Å². The molecule has 9 aliphatic heterocycles. The van der Waals surface area contributed by atoms with Gasteiger partial charge in [0.25, 0.3) is 0 Å². The zero-order valence-corrected chi connectivity index (χ0v) is 58.4. The van der Waals surface area contributed by atoms with E-state index in [0.29, 0.717) is 115 Å². The monoisotopic (exact) mass is 1420 g/mol. The molecule has 0 bridgehead atoms.